The normalized spacial score (nSPS) is 27.1. The standard InChI is InChI=1S/C13H18IN6O4P/c14-10-6(3-8(24-10)25(21,22)23)4-20-5-16-9-11(17-7-1-2-7)18-13(15)19-12(9)20/h5-8,10H,1-4H2,(H2,21,22,23)(H3,15,17,18,19)/t6-,8-,10+/m1/s1. The van der Waals surface area contributed by atoms with Gasteiger partial charge in [-0.1, -0.05) is 22.6 Å². The van der Waals surface area contributed by atoms with Gasteiger partial charge in [-0.2, -0.15) is 9.97 Å². The van der Waals surface area contributed by atoms with Gasteiger partial charge in [-0.05, 0) is 19.3 Å². The van der Waals surface area contributed by atoms with Gasteiger partial charge in [0.25, 0.3) is 0 Å². The second kappa shape index (κ2) is 6.31. The van der Waals surface area contributed by atoms with E-state index in [1.54, 1.807) is 6.33 Å². The number of hydrogen-bond acceptors (Lipinski definition) is 7. The van der Waals surface area contributed by atoms with Gasteiger partial charge in [0.05, 0.1) is 6.33 Å². The van der Waals surface area contributed by atoms with E-state index in [0.29, 0.717) is 29.6 Å². The first-order valence-electron chi connectivity index (χ1n) is 7.91. The molecule has 2 fully saturated rings. The fourth-order valence-corrected chi connectivity index (χ4v) is 4.87. The second-order valence-corrected chi connectivity index (χ2v) is 9.43. The highest BCUT2D eigenvalue weighted by Gasteiger charge is 2.43. The van der Waals surface area contributed by atoms with Crippen LogP contribution in [0.2, 0.25) is 0 Å². The molecule has 136 valence electrons. The second-order valence-electron chi connectivity index (χ2n) is 6.44. The van der Waals surface area contributed by atoms with E-state index < -0.39 is 13.4 Å². The maximum atomic E-state index is 11.4. The molecule has 12 heteroatoms. The number of nitrogens with one attached hydrogen (secondary N) is 1. The first kappa shape index (κ1) is 17.4. The quantitative estimate of drug-likeness (QED) is 0.282. The van der Waals surface area contributed by atoms with Gasteiger partial charge in [0.2, 0.25) is 5.95 Å². The van der Waals surface area contributed by atoms with E-state index in [1.807, 2.05) is 4.57 Å². The number of rotatable bonds is 5. The Morgan fingerprint density at radius 3 is 2.84 bits per heavy atom. The predicted octanol–water partition coefficient (Wildman–Crippen LogP) is 1.28. The Balaban J connectivity index is 1.59. The van der Waals surface area contributed by atoms with Gasteiger partial charge in [-0.3, -0.25) is 4.57 Å². The molecule has 4 rings (SSSR count). The number of imidazole rings is 1. The Hall–Kier alpha value is -1.01. The Bertz CT molecular complexity index is 852. The molecule has 0 spiro atoms. The third-order valence-corrected chi connectivity index (χ3v) is 6.76. The van der Waals surface area contributed by atoms with E-state index >= 15 is 0 Å². The van der Waals surface area contributed by atoms with Gasteiger partial charge in [-0.15, -0.1) is 0 Å². The van der Waals surface area contributed by atoms with E-state index in [2.05, 4.69) is 42.9 Å². The number of nitrogen functional groups attached to an aromatic ring is 1. The molecular formula is C13H18IN6O4P. The van der Waals surface area contributed by atoms with Crippen molar-refractivity contribution in [2.24, 2.45) is 5.92 Å². The minimum absolute atomic E-state index is 0.0633. The zero-order chi connectivity index (χ0) is 17.8. The summed E-state index contributed by atoms with van der Waals surface area (Å²) in [7, 11) is -4.26. The third-order valence-electron chi connectivity index (χ3n) is 4.37. The van der Waals surface area contributed by atoms with Gasteiger partial charge >= 0.3 is 7.60 Å². The average Bonchev–Trinajstić information content (AvgIpc) is 3.12. The highest BCUT2D eigenvalue weighted by molar-refractivity contribution is 14.1. The van der Waals surface area contributed by atoms with Crippen LogP contribution in [0, 0.1) is 5.92 Å². The minimum atomic E-state index is -4.26. The lowest BCUT2D eigenvalue weighted by Gasteiger charge is -2.13. The summed E-state index contributed by atoms with van der Waals surface area (Å²) in [6.07, 6.45) is 4.15. The molecule has 1 aliphatic heterocycles. The lowest BCUT2D eigenvalue weighted by Crippen LogP contribution is -2.15. The Morgan fingerprint density at radius 1 is 1.44 bits per heavy atom. The molecule has 2 aromatic heterocycles. The molecule has 0 unspecified atom stereocenters. The van der Waals surface area contributed by atoms with E-state index in [9.17, 15) is 14.4 Å². The van der Waals surface area contributed by atoms with E-state index in [-0.39, 0.29) is 22.4 Å². The van der Waals surface area contributed by atoms with Crippen LogP contribution < -0.4 is 11.1 Å². The first-order valence-corrected chi connectivity index (χ1v) is 10.8. The Labute approximate surface area is 156 Å². The molecule has 2 aromatic rings. The first-order chi connectivity index (χ1) is 11.8. The van der Waals surface area contributed by atoms with Crippen LogP contribution in [0.4, 0.5) is 11.8 Å². The molecule has 25 heavy (non-hydrogen) atoms. The van der Waals surface area contributed by atoms with Crippen LogP contribution in [-0.2, 0) is 15.8 Å². The highest BCUT2D eigenvalue weighted by Crippen LogP contribution is 2.51. The lowest BCUT2D eigenvalue weighted by molar-refractivity contribution is 0.121. The maximum absolute atomic E-state index is 11.4. The summed E-state index contributed by atoms with van der Waals surface area (Å²) in [4.78, 5) is 31.6. The van der Waals surface area contributed by atoms with Crippen LogP contribution in [0.1, 0.15) is 19.3 Å². The summed E-state index contributed by atoms with van der Waals surface area (Å²) in [5.74, 6) is -0.322. The van der Waals surface area contributed by atoms with E-state index in [1.165, 1.54) is 0 Å². The van der Waals surface area contributed by atoms with Crippen molar-refractivity contribution in [3.05, 3.63) is 6.33 Å². The number of fused-ring (bicyclic) bond motifs is 1. The SMILES string of the molecule is Nc1nc(NC2CC2)c2ncn(C[C@H]3C[C@@H](P(=O)(O)O)O[C@@H]3I)c2n1. The number of hydrogen-bond donors (Lipinski definition) is 4. The summed E-state index contributed by atoms with van der Waals surface area (Å²) in [5, 5.41) is 3.31. The fourth-order valence-electron chi connectivity index (χ4n) is 2.93. The van der Waals surface area contributed by atoms with Gasteiger partial charge in [0.1, 0.15) is 4.11 Å². The van der Waals surface area contributed by atoms with Crippen LogP contribution in [0.5, 0.6) is 0 Å². The van der Waals surface area contributed by atoms with Crippen molar-refractivity contribution < 1.29 is 19.1 Å². The molecule has 1 saturated heterocycles. The molecular weight excluding hydrogens is 462 g/mol. The Morgan fingerprint density at radius 2 is 2.20 bits per heavy atom. The number of alkyl halides is 1. The van der Waals surface area contributed by atoms with Crippen molar-refractivity contribution in [2.75, 3.05) is 11.1 Å². The molecule has 0 bridgehead atoms. The van der Waals surface area contributed by atoms with Gasteiger partial charge in [0.15, 0.2) is 22.8 Å². The van der Waals surface area contributed by atoms with Gasteiger partial charge in [-0.25, -0.2) is 4.98 Å². The van der Waals surface area contributed by atoms with Crippen LogP contribution >= 0.6 is 30.2 Å². The molecule has 0 amide bonds. The van der Waals surface area contributed by atoms with Crippen LogP contribution in [-0.4, -0.2) is 45.3 Å². The number of aromatic nitrogens is 4. The highest BCUT2D eigenvalue weighted by atomic mass is 127. The number of nitrogens with two attached hydrogens (primary N) is 1. The topological polar surface area (TPSA) is 148 Å². The molecule has 5 N–H and O–H groups in total. The Kier molecular flexibility index (Phi) is 4.39. The van der Waals surface area contributed by atoms with Crippen LogP contribution in [0.15, 0.2) is 6.33 Å². The van der Waals surface area contributed by atoms with Gasteiger partial charge in [0, 0.05) is 18.5 Å². The average molecular weight is 480 g/mol. The smallest absolute Gasteiger partial charge is 0.354 e. The van der Waals surface area contributed by atoms with Crippen molar-refractivity contribution in [2.45, 2.75) is 41.8 Å². The number of halogens is 1. The maximum Gasteiger partial charge on any atom is 0.354 e. The predicted molar refractivity (Wildman–Crippen MR) is 99.2 cm³/mol. The molecule has 10 nitrogen and oxygen atoms in total. The summed E-state index contributed by atoms with van der Waals surface area (Å²) in [5.41, 5.74) is 7.09. The van der Waals surface area contributed by atoms with Crippen molar-refractivity contribution in [3.63, 3.8) is 0 Å². The fraction of sp³-hybridized carbons (Fsp3) is 0.615. The van der Waals surface area contributed by atoms with Crippen molar-refractivity contribution in [1.82, 2.24) is 19.5 Å². The molecule has 3 heterocycles. The van der Waals surface area contributed by atoms with Crippen molar-refractivity contribution >= 4 is 53.1 Å². The summed E-state index contributed by atoms with van der Waals surface area (Å²) < 4.78 is 18.4. The minimum Gasteiger partial charge on any atom is -0.368 e. The number of ether oxygens (including phenoxy) is 1. The van der Waals surface area contributed by atoms with E-state index in [0.717, 1.165) is 12.8 Å². The van der Waals surface area contributed by atoms with Crippen molar-refractivity contribution in [1.29, 1.82) is 0 Å². The molecule has 1 aliphatic carbocycles. The summed E-state index contributed by atoms with van der Waals surface area (Å²) in [6, 6.07) is 0.411. The monoisotopic (exact) mass is 480 g/mol. The van der Waals surface area contributed by atoms with Gasteiger partial charge < -0.3 is 30.1 Å². The molecule has 0 aromatic carbocycles. The zero-order valence-corrected chi connectivity index (χ0v) is 16.2. The third kappa shape index (κ3) is 3.61. The van der Waals surface area contributed by atoms with E-state index in [4.69, 9.17) is 10.5 Å². The largest absolute Gasteiger partial charge is 0.368 e. The van der Waals surface area contributed by atoms with Crippen LogP contribution in [0.25, 0.3) is 11.2 Å². The zero-order valence-electron chi connectivity index (χ0n) is 13.1. The number of nitrogens with zero attached hydrogens (tertiary/aromatic N) is 4. The van der Waals surface area contributed by atoms with Crippen molar-refractivity contribution in [3.8, 4) is 0 Å². The lowest BCUT2D eigenvalue weighted by atomic mass is 10.1. The van der Waals surface area contributed by atoms with Crippen LogP contribution in [0.3, 0.4) is 0 Å². The number of anilines is 2. The molecule has 0 radical (unpaired) electrons. The molecule has 2 aliphatic rings. The summed E-state index contributed by atoms with van der Waals surface area (Å²) in [6.45, 7) is 0.486. The summed E-state index contributed by atoms with van der Waals surface area (Å²) >= 11 is 2.07. The molecule has 1 saturated carbocycles. The molecule has 3 atom stereocenters.